The fourth-order valence-electron chi connectivity index (χ4n) is 2.78. The summed E-state index contributed by atoms with van der Waals surface area (Å²) in [5.74, 6) is 1.60. The van der Waals surface area contributed by atoms with Crippen LogP contribution in [0.25, 0.3) is 0 Å². The Balaban J connectivity index is 1.67. The van der Waals surface area contributed by atoms with Gasteiger partial charge in [-0.25, -0.2) is 0 Å². The first-order valence-corrected chi connectivity index (χ1v) is 7.39. The summed E-state index contributed by atoms with van der Waals surface area (Å²) in [6.45, 7) is 3.54. The Morgan fingerprint density at radius 3 is 2.58 bits per heavy atom. The van der Waals surface area contributed by atoms with E-state index in [1.807, 2.05) is 24.3 Å². The maximum absolute atomic E-state index is 5.98. The molecule has 0 radical (unpaired) electrons. The minimum Gasteiger partial charge on any atom is -0.491 e. The third-order valence-corrected chi connectivity index (χ3v) is 3.93. The molecule has 1 aromatic rings. The van der Waals surface area contributed by atoms with E-state index in [4.69, 9.17) is 15.2 Å². The molecule has 0 aliphatic heterocycles. The first-order valence-electron chi connectivity index (χ1n) is 7.39. The molecule has 1 aromatic carbocycles. The molecule has 1 aliphatic carbocycles. The second-order valence-electron chi connectivity index (χ2n) is 5.28. The lowest BCUT2D eigenvalue weighted by molar-refractivity contribution is -0.0228. The highest BCUT2D eigenvalue weighted by Crippen LogP contribution is 2.29. The van der Waals surface area contributed by atoms with E-state index in [1.54, 1.807) is 0 Å². The van der Waals surface area contributed by atoms with Crippen molar-refractivity contribution in [3.05, 3.63) is 24.3 Å². The van der Waals surface area contributed by atoms with Crippen LogP contribution >= 0.6 is 0 Å². The lowest BCUT2D eigenvalue weighted by atomic mass is 9.85. The molecule has 0 spiro atoms. The number of nitrogens with two attached hydrogens (primary N) is 1. The van der Waals surface area contributed by atoms with Crippen LogP contribution in [-0.4, -0.2) is 19.3 Å². The zero-order valence-electron chi connectivity index (χ0n) is 11.8. The minimum atomic E-state index is 0.439. The summed E-state index contributed by atoms with van der Waals surface area (Å²) < 4.78 is 11.6. The fraction of sp³-hybridized carbons (Fsp3) is 0.625. The van der Waals surface area contributed by atoms with Gasteiger partial charge in [-0.05, 0) is 43.0 Å². The third-order valence-electron chi connectivity index (χ3n) is 3.93. The van der Waals surface area contributed by atoms with Crippen molar-refractivity contribution in [2.24, 2.45) is 5.92 Å². The Kier molecular flexibility index (Phi) is 5.52. The van der Waals surface area contributed by atoms with Gasteiger partial charge in [-0.3, -0.25) is 0 Å². The molecule has 2 rings (SSSR count). The van der Waals surface area contributed by atoms with Gasteiger partial charge in [0.1, 0.15) is 12.4 Å². The quantitative estimate of drug-likeness (QED) is 0.629. The number of benzene rings is 1. The van der Waals surface area contributed by atoms with Crippen molar-refractivity contribution in [3.63, 3.8) is 0 Å². The molecule has 2 atom stereocenters. The summed E-state index contributed by atoms with van der Waals surface area (Å²) in [4.78, 5) is 0. The van der Waals surface area contributed by atoms with E-state index < -0.39 is 0 Å². The molecule has 1 fully saturated rings. The maximum Gasteiger partial charge on any atom is 0.119 e. The van der Waals surface area contributed by atoms with Gasteiger partial charge in [-0.1, -0.05) is 26.2 Å². The average molecular weight is 263 g/mol. The number of hydrogen-bond acceptors (Lipinski definition) is 3. The van der Waals surface area contributed by atoms with Crippen LogP contribution < -0.4 is 10.5 Å². The maximum atomic E-state index is 5.98. The third kappa shape index (κ3) is 4.43. The van der Waals surface area contributed by atoms with Crippen LogP contribution in [0.15, 0.2) is 24.3 Å². The average Bonchev–Trinajstić information content (AvgIpc) is 2.46. The van der Waals surface area contributed by atoms with Gasteiger partial charge in [0, 0.05) is 5.69 Å². The molecule has 0 bridgehead atoms. The second kappa shape index (κ2) is 7.39. The highest BCUT2D eigenvalue weighted by Gasteiger charge is 2.23. The zero-order chi connectivity index (χ0) is 13.5. The van der Waals surface area contributed by atoms with Gasteiger partial charge in [-0.15, -0.1) is 0 Å². The van der Waals surface area contributed by atoms with Crippen molar-refractivity contribution in [2.45, 2.75) is 45.1 Å². The predicted molar refractivity (Wildman–Crippen MR) is 78.3 cm³/mol. The second-order valence-corrected chi connectivity index (χ2v) is 5.28. The normalized spacial score (nSPS) is 23.2. The van der Waals surface area contributed by atoms with Gasteiger partial charge in [0.15, 0.2) is 0 Å². The van der Waals surface area contributed by atoms with Crippen LogP contribution in [0.3, 0.4) is 0 Å². The van der Waals surface area contributed by atoms with Gasteiger partial charge in [0.25, 0.3) is 0 Å². The summed E-state index contributed by atoms with van der Waals surface area (Å²) >= 11 is 0. The van der Waals surface area contributed by atoms with Crippen molar-refractivity contribution in [3.8, 4) is 5.75 Å². The van der Waals surface area contributed by atoms with Gasteiger partial charge in [0.05, 0.1) is 12.7 Å². The van der Waals surface area contributed by atoms with E-state index in [0.29, 0.717) is 19.3 Å². The SMILES string of the molecule is CCC1CCCCC1OCCOc1ccc(N)cc1. The summed E-state index contributed by atoms with van der Waals surface area (Å²) in [6.07, 6.45) is 6.86. The van der Waals surface area contributed by atoms with Crippen molar-refractivity contribution >= 4 is 5.69 Å². The van der Waals surface area contributed by atoms with Crippen molar-refractivity contribution in [1.29, 1.82) is 0 Å². The molecule has 3 heteroatoms. The summed E-state index contributed by atoms with van der Waals surface area (Å²) in [6, 6.07) is 7.49. The van der Waals surface area contributed by atoms with E-state index in [2.05, 4.69) is 6.92 Å². The number of rotatable bonds is 6. The van der Waals surface area contributed by atoms with E-state index in [-0.39, 0.29) is 0 Å². The van der Waals surface area contributed by atoms with Gasteiger partial charge in [-0.2, -0.15) is 0 Å². The van der Waals surface area contributed by atoms with Crippen LogP contribution in [0, 0.1) is 5.92 Å². The molecule has 2 unspecified atom stereocenters. The standard InChI is InChI=1S/C16H25NO2/c1-2-13-5-3-4-6-16(13)19-12-11-18-15-9-7-14(17)8-10-15/h7-10,13,16H,2-6,11-12,17H2,1H3. The molecule has 1 aliphatic rings. The van der Waals surface area contributed by atoms with Crippen molar-refractivity contribution < 1.29 is 9.47 Å². The molecule has 0 aromatic heterocycles. The van der Waals surface area contributed by atoms with Crippen molar-refractivity contribution in [2.75, 3.05) is 18.9 Å². The highest BCUT2D eigenvalue weighted by molar-refractivity contribution is 5.41. The summed E-state index contributed by atoms with van der Waals surface area (Å²) in [5.41, 5.74) is 6.39. The van der Waals surface area contributed by atoms with Crippen LogP contribution in [-0.2, 0) is 4.74 Å². The lowest BCUT2D eigenvalue weighted by Gasteiger charge is -2.30. The molecule has 0 amide bonds. The molecular weight excluding hydrogens is 238 g/mol. The molecule has 0 heterocycles. The Morgan fingerprint density at radius 2 is 1.84 bits per heavy atom. The molecule has 19 heavy (non-hydrogen) atoms. The number of nitrogen functional groups attached to an aromatic ring is 1. The number of hydrogen-bond donors (Lipinski definition) is 1. The fourth-order valence-corrected chi connectivity index (χ4v) is 2.78. The Hall–Kier alpha value is -1.22. The molecular formula is C16H25NO2. The van der Waals surface area contributed by atoms with Gasteiger partial charge >= 0.3 is 0 Å². The topological polar surface area (TPSA) is 44.5 Å². The van der Waals surface area contributed by atoms with Crippen molar-refractivity contribution in [1.82, 2.24) is 0 Å². The molecule has 1 saturated carbocycles. The Labute approximate surface area is 116 Å². The molecule has 3 nitrogen and oxygen atoms in total. The van der Waals surface area contributed by atoms with Gasteiger partial charge < -0.3 is 15.2 Å². The molecule has 0 saturated heterocycles. The summed E-state index contributed by atoms with van der Waals surface area (Å²) in [7, 11) is 0. The van der Waals surface area contributed by atoms with E-state index in [9.17, 15) is 0 Å². The first kappa shape index (κ1) is 14.2. The summed E-state index contributed by atoms with van der Waals surface area (Å²) in [5, 5.41) is 0. The number of ether oxygens (including phenoxy) is 2. The minimum absolute atomic E-state index is 0.439. The van der Waals surface area contributed by atoms with E-state index in [0.717, 1.165) is 17.4 Å². The lowest BCUT2D eigenvalue weighted by Crippen LogP contribution is -2.28. The van der Waals surface area contributed by atoms with E-state index >= 15 is 0 Å². The Morgan fingerprint density at radius 1 is 1.11 bits per heavy atom. The van der Waals surface area contributed by atoms with Crippen LogP contribution in [0.1, 0.15) is 39.0 Å². The Bertz CT molecular complexity index is 364. The molecule has 106 valence electrons. The first-order chi connectivity index (χ1) is 9.29. The van der Waals surface area contributed by atoms with E-state index in [1.165, 1.54) is 32.1 Å². The number of anilines is 1. The monoisotopic (exact) mass is 263 g/mol. The van der Waals surface area contributed by atoms with Crippen LogP contribution in [0.2, 0.25) is 0 Å². The van der Waals surface area contributed by atoms with Crippen LogP contribution in [0.4, 0.5) is 5.69 Å². The largest absolute Gasteiger partial charge is 0.491 e. The highest BCUT2D eigenvalue weighted by atomic mass is 16.5. The zero-order valence-corrected chi connectivity index (χ0v) is 11.8. The van der Waals surface area contributed by atoms with Crippen LogP contribution in [0.5, 0.6) is 5.75 Å². The molecule has 2 N–H and O–H groups in total. The smallest absolute Gasteiger partial charge is 0.119 e. The predicted octanol–water partition coefficient (Wildman–Crippen LogP) is 3.63. The van der Waals surface area contributed by atoms with Gasteiger partial charge in [0.2, 0.25) is 0 Å².